The van der Waals surface area contributed by atoms with Crippen LogP contribution in [0.15, 0.2) is 46.9 Å². The normalized spacial score (nSPS) is 12.4. The Hall–Kier alpha value is -2.62. The highest BCUT2D eigenvalue weighted by Crippen LogP contribution is 2.29. The average molecular weight is 350 g/mol. The van der Waals surface area contributed by atoms with Crippen LogP contribution in [0, 0.1) is 5.41 Å². The lowest BCUT2D eigenvalue weighted by molar-refractivity contribution is -0.123. The van der Waals surface area contributed by atoms with Gasteiger partial charge in [0.15, 0.2) is 5.58 Å². The van der Waals surface area contributed by atoms with Crippen molar-refractivity contribution in [1.82, 2.24) is 4.98 Å². The van der Waals surface area contributed by atoms with Crippen molar-refractivity contribution in [2.24, 2.45) is 5.41 Å². The van der Waals surface area contributed by atoms with Crippen molar-refractivity contribution in [3.05, 3.63) is 48.0 Å². The van der Waals surface area contributed by atoms with E-state index < -0.39 is 5.41 Å². The Labute approximate surface area is 154 Å². The highest BCUT2D eigenvalue weighted by Gasteiger charge is 2.21. The van der Waals surface area contributed by atoms with E-state index in [0.29, 0.717) is 17.2 Å². The number of aromatic nitrogens is 1. The molecular formula is C22H26N2O2. The van der Waals surface area contributed by atoms with E-state index in [9.17, 15) is 4.79 Å². The van der Waals surface area contributed by atoms with E-state index in [4.69, 9.17) is 4.42 Å². The molecule has 4 nitrogen and oxygen atoms in total. The maximum absolute atomic E-state index is 12.2. The SMILES string of the molecule is CC(C)(C)C(=O)Nc1ccc2nc(-c3ccc(C(C)(C)C)cc3)oc2c1. The fraction of sp³-hybridized carbons (Fsp3) is 0.364. The van der Waals surface area contributed by atoms with Crippen molar-refractivity contribution < 1.29 is 9.21 Å². The molecular weight excluding hydrogens is 324 g/mol. The number of rotatable bonds is 2. The number of fused-ring (bicyclic) bond motifs is 1. The van der Waals surface area contributed by atoms with E-state index in [2.05, 4.69) is 43.2 Å². The zero-order chi connectivity index (χ0) is 19.1. The van der Waals surface area contributed by atoms with Crippen molar-refractivity contribution in [3.8, 4) is 11.5 Å². The highest BCUT2D eigenvalue weighted by atomic mass is 16.3. The predicted molar refractivity (Wildman–Crippen MR) is 106 cm³/mol. The van der Waals surface area contributed by atoms with Crippen molar-refractivity contribution in [1.29, 1.82) is 0 Å². The number of nitrogens with zero attached hydrogens (tertiary/aromatic N) is 1. The van der Waals surface area contributed by atoms with E-state index in [0.717, 1.165) is 11.1 Å². The van der Waals surface area contributed by atoms with Gasteiger partial charge in [0.2, 0.25) is 11.8 Å². The van der Waals surface area contributed by atoms with Crippen LogP contribution in [0.3, 0.4) is 0 Å². The van der Waals surface area contributed by atoms with Crippen LogP contribution in [0.4, 0.5) is 5.69 Å². The third-order valence-electron chi connectivity index (χ3n) is 4.33. The van der Waals surface area contributed by atoms with Crippen LogP contribution in [0.2, 0.25) is 0 Å². The number of carbonyl (C=O) groups excluding carboxylic acids is 1. The first kappa shape index (κ1) is 18.2. The summed E-state index contributed by atoms with van der Waals surface area (Å²) >= 11 is 0. The second kappa shape index (κ2) is 6.27. The zero-order valence-corrected chi connectivity index (χ0v) is 16.3. The summed E-state index contributed by atoms with van der Waals surface area (Å²) in [4.78, 5) is 16.7. The molecule has 26 heavy (non-hydrogen) atoms. The summed E-state index contributed by atoms with van der Waals surface area (Å²) in [5.74, 6) is 0.550. The maximum atomic E-state index is 12.2. The molecule has 0 saturated heterocycles. The lowest BCUT2D eigenvalue weighted by Crippen LogP contribution is -2.27. The molecule has 1 amide bonds. The van der Waals surface area contributed by atoms with Gasteiger partial charge in [-0.1, -0.05) is 53.7 Å². The topological polar surface area (TPSA) is 55.1 Å². The Bertz CT molecular complexity index is 939. The minimum atomic E-state index is -0.448. The van der Waals surface area contributed by atoms with Gasteiger partial charge in [-0.25, -0.2) is 4.98 Å². The number of oxazole rings is 1. The summed E-state index contributed by atoms with van der Waals surface area (Å²) in [6.07, 6.45) is 0. The molecule has 2 aromatic carbocycles. The van der Waals surface area contributed by atoms with Gasteiger partial charge in [0.25, 0.3) is 0 Å². The van der Waals surface area contributed by atoms with Crippen molar-refractivity contribution in [2.75, 3.05) is 5.32 Å². The first-order valence-electron chi connectivity index (χ1n) is 8.87. The van der Waals surface area contributed by atoms with Crippen LogP contribution < -0.4 is 5.32 Å². The molecule has 1 aromatic heterocycles. The summed E-state index contributed by atoms with van der Waals surface area (Å²) in [6.45, 7) is 12.2. The molecule has 4 heteroatoms. The first-order chi connectivity index (χ1) is 12.0. The number of hydrogen-bond donors (Lipinski definition) is 1. The third kappa shape index (κ3) is 3.79. The first-order valence-corrected chi connectivity index (χ1v) is 8.87. The number of carbonyl (C=O) groups is 1. The lowest BCUT2D eigenvalue weighted by atomic mass is 9.87. The molecule has 0 atom stereocenters. The zero-order valence-electron chi connectivity index (χ0n) is 16.3. The Balaban J connectivity index is 1.89. The summed E-state index contributed by atoms with van der Waals surface area (Å²) in [7, 11) is 0. The molecule has 3 aromatic rings. The third-order valence-corrected chi connectivity index (χ3v) is 4.33. The van der Waals surface area contributed by atoms with Gasteiger partial charge in [0.1, 0.15) is 5.52 Å². The van der Waals surface area contributed by atoms with E-state index in [1.54, 1.807) is 0 Å². The van der Waals surface area contributed by atoms with Crippen molar-refractivity contribution in [2.45, 2.75) is 47.0 Å². The van der Waals surface area contributed by atoms with Crippen LogP contribution in [-0.2, 0) is 10.2 Å². The molecule has 3 rings (SSSR count). The minimum absolute atomic E-state index is 0.0330. The van der Waals surface area contributed by atoms with Gasteiger partial charge >= 0.3 is 0 Å². The Morgan fingerprint density at radius 1 is 0.962 bits per heavy atom. The maximum Gasteiger partial charge on any atom is 0.229 e. The summed E-state index contributed by atoms with van der Waals surface area (Å²) < 4.78 is 5.93. The largest absolute Gasteiger partial charge is 0.436 e. The number of anilines is 1. The molecule has 1 N–H and O–H groups in total. The van der Waals surface area contributed by atoms with E-state index in [1.807, 2.05) is 51.1 Å². The number of benzene rings is 2. The van der Waals surface area contributed by atoms with Gasteiger partial charge in [0, 0.05) is 22.7 Å². The van der Waals surface area contributed by atoms with Crippen LogP contribution >= 0.6 is 0 Å². The molecule has 0 aliphatic carbocycles. The lowest BCUT2D eigenvalue weighted by Gasteiger charge is -2.18. The van der Waals surface area contributed by atoms with Crippen molar-refractivity contribution in [3.63, 3.8) is 0 Å². The predicted octanol–water partition coefficient (Wildman–Crippen LogP) is 5.78. The van der Waals surface area contributed by atoms with Crippen LogP contribution in [0.25, 0.3) is 22.6 Å². The number of nitrogens with one attached hydrogen (secondary N) is 1. The van der Waals surface area contributed by atoms with Gasteiger partial charge in [0.05, 0.1) is 0 Å². The van der Waals surface area contributed by atoms with Gasteiger partial charge < -0.3 is 9.73 Å². The molecule has 1 heterocycles. The monoisotopic (exact) mass is 350 g/mol. The van der Waals surface area contributed by atoms with Gasteiger partial charge in [-0.3, -0.25) is 4.79 Å². The minimum Gasteiger partial charge on any atom is -0.436 e. The molecule has 0 saturated carbocycles. The van der Waals surface area contributed by atoms with Crippen LogP contribution in [0.5, 0.6) is 0 Å². The van der Waals surface area contributed by atoms with E-state index in [1.165, 1.54) is 5.56 Å². The molecule has 0 spiro atoms. The van der Waals surface area contributed by atoms with Gasteiger partial charge in [-0.2, -0.15) is 0 Å². The smallest absolute Gasteiger partial charge is 0.229 e. The van der Waals surface area contributed by atoms with E-state index in [-0.39, 0.29) is 11.3 Å². The van der Waals surface area contributed by atoms with Crippen LogP contribution in [-0.4, -0.2) is 10.9 Å². The van der Waals surface area contributed by atoms with Crippen molar-refractivity contribution >= 4 is 22.7 Å². The summed E-state index contributed by atoms with van der Waals surface area (Å²) in [5, 5.41) is 2.92. The average Bonchev–Trinajstić information content (AvgIpc) is 2.96. The second-order valence-electron chi connectivity index (χ2n) is 8.73. The fourth-order valence-electron chi connectivity index (χ4n) is 2.56. The second-order valence-corrected chi connectivity index (χ2v) is 8.73. The molecule has 0 fully saturated rings. The van der Waals surface area contributed by atoms with E-state index >= 15 is 0 Å². The van der Waals surface area contributed by atoms with Crippen LogP contribution in [0.1, 0.15) is 47.1 Å². The Morgan fingerprint density at radius 3 is 2.19 bits per heavy atom. The summed E-state index contributed by atoms with van der Waals surface area (Å²) in [5.41, 5.74) is 4.01. The molecule has 136 valence electrons. The van der Waals surface area contributed by atoms with Gasteiger partial charge in [-0.15, -0.1) is 0 Å². The Kier molecular flexibility index (Phi) is 4.39. The molecule has 0 bridgehead atoms. The number of hydrogen-bond acceptors (Lipinski definition) is 3. The van der Waals surface area contributed by atoms with Gasteiger partial charge in [-0.05, 0) is 35.2 Å². The molecule has 0 unspecified atom stereocenters. The molecule has 0 radical (unpaired) electrons. The Morgan fingerprint density at radius 2 is 1.62 bits per heavy atom. The summed E-state index contributed by atoms with van der Waals surface area (Å²) in [6, 6.07) is 13.8. The quantitative estimate of drug-likeness (QED) is 0.637. The standard InChI is InChI=1S/C22H26N2O2/c1-21(2,3)15-9-7-14(8-10-15)19-24-17-12-11-16(13-18(17)26-19)23-20(25)22(4,5)6/h7-13H,1-6H3,(H,23,25). The number of amides is 1. The highest BCUT2D eigenvalue weighted by molar-refractivity contribution is 5.96. The fourth-order valence-corrected chi connectivity index (χ4v) is 2.56. The molecule has 0 aliphatic rings. The molecule has 0 aliphatic heterocycles.